The summed E-state index contributed by atoms with van der Waals surface area (Å²) in [5.41, 5.74) is 2.35. The molecule has 0 unspecified atom stereocenters. The molecule has 0 aromatic heterocycles. The molecular formula is C35H32Br4Cl2N4O12S2. The first kappa shape index (κ1) is 49.7. The number of hydrogen-bond acceptors (Lipinski definition) is 10. The zero-order chi connectivity index (χ0) is 44.2. The predicted molar refractivity (Wildman–Crippen MR) is 237 cm³/mol. The van der Waals surface area contributed by atoms with Crippen molar-refractivity contribution in [3.05, 3.63) is 111 Å². The van der Waals surface area contributed by atoms with Gasteiger partial charge < -0.3 is 30.3 Å². The van der Waals surface area contributed by atoms with Gasteiger partial charge in [-0.1, -0.05) is 23.2 Å². The molecule has 0 saturated carbocycles. The van der Waals surface area contributed by atoms with E-state index in [-0.39, 0.29) is 30.1 Å². The molecule has 4 aromatic carbocycles. The normalized spacial score (nSPS) is 11.1. The quantitative estimate of drug-likeness (QED) is 0.0597. The lowest BCUT2D eigenvalue weighted by Crippen LogP contribution is -2.29. The van der Waals surface area contributed by atoms with Crippen molar-refractivity contribution in [2.75, 3.05) is 34.5 Å². The van der Waals surface area contributed by atoms with Crippen LogP contribution in [0.15, 0.2) is 78.6 Å². The smallest absolute Gasteiger partial charge is 0.322 e. The lowest BCUT2D eigenvalue weighted by molar-refractivity contribution is -0.136. The highest BCUT2D eigenvalue weighted by Crippen LogP contribution is 2.37. The van der Waals surface area contributed by atoms with Gasteiger partial charge in [0.05, 0.1) is 41.3 Å². The first-order chi connectivity index (χ1) is 27.4. The van der Waals surface area contributed by atoms with Gasteiger partial charge in [-0.05, 0) is 142 Å². The minimum absolute atomic E-state index is 0.0702. The van der Waals surface area contributed by atoms with Crippen LogP contribution in [0.2, 0.25) is 10.0 Å². The number of carbonyl (C=O) groups is 4. The van der Waals surface area contributed by atoms with Crippen molar-refractivity contribution >= 4 is 142 Å². The van der Waals surface area contributed by atoms with Crippen molar-refractivity contribution in [1.29, 1.82) is 0 Å². The van der Waals surface area contributed by atoms with Crippen LogP contribution in [0, 0.1) is 0 Å². The van der Waals surface area contributed by atoms with Crippen LogP contribution in [0.25, 0.3) is 0 Å². The molecule has 0 radical (unpaired) electrons. The predicted octanol–water partition coefficient (Wildman–Crippen LogP) is 7.65. The second-order valence-electron chi connectivity index (χ2n) is 11.8. The van der Waals surface area contributed by atoms with E-state index in [1.54, 1.807) is 24.3 Å². The van der Waals surface area contributed by atoms with Crippen molar-refractivity contribution in [2.24, 2.45) is 0 Å². The van der Waals surface area contributed by atoms with Crippen molar-refractivity contribution < 1.29 is 55.7 Å². The summed E-state index contributed by atoms with van der Waals surface area (Å²) in [6, 6.07) is 15.4. The van der Waals surface area contributed by atoms with Crippen LogP contribution in [0.1, 0.15) is 38.8 Å². The molecule has 0 aliphatic heterocycles. The number of ether oxygens (including phenoxy) is 2. The standard InChI is InChI=1S/C18H17Br2ClN2O6S.C17H15Br2ClN2O6S/c1-2-30(27,28)23-13-4-10(3-12(21)7-13)9-29-17-14(19)5-11(6-15(17)20)18(26)22-8-16(24)25;1-29(26,27)22-12-3-9(2-11(20)6-12)8-28-16-13(18)4-10(5-14(16)19)17(25)21-7-15(23)24/h3-7,23H,2,8-9H2,1H3,(H,22,26)(H,24,25);2-6,22H,7-8H2,1H3,(H,21,25)(H,23,24). The number of amides is 2. The number of benzene rings is 4. The number of carbonyl (C=O) groups excluding carboxylic acids is 2. The monoisotopic (exact) mass is 1150 g/mol. The van der Waals surface area contributed by atoms with Crippen molar-refractivity contribution in [3.8, 4) is 11.5 Å². The number of nitrogens with one attached hydrogen (secondary N) is 4. The highest BCUT2D eigenvalue weighted by molar-refractivity contribution is 9.11. The van der Waals surface area contributed by atoms with Crippen molar-refractivity contribution in [3.63, 3.8) is 0 Å². The van der Waals surface area contributed by atoms with Gasteiger partial charge in [-0.15, -0.1) is 0 Å². The average Bonchev–Trinajstić information content (AvgIpc) is 3.10. The zero-order valence-corrected chi connectivity index (χ0v) is 39.9. The summed E-state index contributed by atoms with van der Waals surface area (Å²) in [6.45, 7) is 0.678. The van der Waals surface area contributed by atoms with E-state index in [2.05, 4.69) is 83.8 Å². The molecule has 0 bridgehead atoms. The number of halogens is 6. The maximum absolute atomic E-state index is 12.0. The Hall–Kier alpha value is -3.64. The van der Waals surface area contributed by atoms with Gasteiger partial charge in [0.25, 0.3) is 11.8 Å². The Bertz CT molecular complexity index is 2430. The average molecular weight is 1160 g/mol. The number of sulfonamides is 2. The molecular weight excluding hydrogens is 1120 g/mol. The molecule has 0 spiro atoms. The van der Waals surface area contributed by atoms with Gasteiger partial charge >= 0.3 is 11.9 Å². The summed E-state index contributed by atoms with van der Waals surface area (Å²) in [6.07, 6.45) is 1.03. The number of aliphatic carboxylic acids is 2. The number of carboxylic acids is 2. The number of anilines is 2. The third kappa shape index (κ3) is 17.1. The summed E-state index contributed by atoms with van der Waals surface area (Å²) >= 11 is 25.4. The third-order valence-corrected chi connectivity index (χ3v) is 11.7. The lowest BCUT2D eigenvalue weighted by atomic mass is 10.2. The van der Waals surface area contributed by atoms with Gasteiger partial charge in [-0.25, -0.2) is 16.8 Å². The Morgan fingerprint density at radius 3 is 1.29 bits per heavy atom. The molecule has 0 saturated heterocycles. The highest BCUT2D eigenvalue weighted by Gasteiger charge is 2.17. The largest absolute Gasteiger partial charge is 0.487 e. The van der Waals surface area contributed by atoms with Crippen LogP contribution in [-0.2, 0) is 42.8 Å². The maximum atomic E-state index is 12.0. The summed E-state index contributed by atoms with van der Waals surface area (Å²) in [5, 5.41) is 22.5. The molecule has 0 heterocycles. The molecule has 0 fully saturated rings. The first-order valence-electron chi connectivity index (χ1n) is 16.3. The molecule has 0 aliphatic carbocycles. The van der Waals surface area contributed by atoms with E-state index in [9.17, 15) is 36.0 Å². The number of carboxylic acid groups (broad SMARTS) is 2. The second-order valence-corrected chi connectivity index (χ2v) is 19.9. The van der Waals surface area contributed by atoms with E-state index in [1.165, 1.54) is 43.3 Å². The molecule has 4 aromatic rings. The molecule has 2 amide bonds. The Labute approximate surface area is 382 Å². The van der Waals surface area contributed by atoms with Crippen LogP contribution in [0.5, 0.6) is 11.5 Å². The zero-order valence-electron chi connectivity index (χ0n) is 30.4. The second kappa shape index (κ2) is 22.3. The van der Waals surface area contributed by atoms with Crippen molar-refractivity contribution in [1.82, 2.24) is 10.6 Å². The summed E-state index contributed by atoms with van der Waals surface area (Å²) < 4.78 is 64.5. The number of hydrogen-bond donors (Lipinski definition) is 6. The van der Waals surface area contributed by atoms with Gasteiger partial charge in [0.2, 0.25) is 20.0 Å². The lowest BCUT2D eigenvalue weighted by Gasteiger charge is -2.14. The van der Waals surface area contributed by atoms with Crippen LogP contribution < -0.4 is 29.6 Å². The van der Waals surface area contributed by atoms with E-state index in [0.29, 0.717) is 61.9 Å². The topological polar surface area (TPSA) is 244 Å². The fourth-order valence-electron chi connectivity index (χ4n) is 4.54. The van der Waals surface area contributed by atoms with Crippen LogP contribution >= 0.6 is 86.9 Å². The van der Waals surface area contributed by atoms with E-state index >= 15 is 0 Å². The van der Waals surface area contributed by atoms with Crippen LogP contribution in [0.3, 0.4) is 0 Å². The molecule has 4 rings (SSSR count). The molecule has 0 aliphatic rings. The van der Waals surface area contributed by atoms with Gasteiger partial charge in [-0.3, -0.25) is 28.6 Å². The van der Waals surface area contributed by atoms with Gasteiger partial charge in [0.1, 0.15) is 37.8 Å². The molecule has 6 N–H and O–H groups in total. The molecule has 24 heteroatoms. The highest BCUT2D eigenvalue weighted by atomic mass is 79.9. The Kier molecular flexibility index (Phi) is 18.8. The van der Waals surface area contributed by atoms with Crippen molar-refractivity contribution in [2.45, 2.75) is 20.1 Å². The SMILES string of the molecule is CCS(=O)(=O)Nc1cc(Cl)cc(COc2c(Br)cc(C(=O)NCC(=O)O)cc2Br)c1.CS(=O)(=O)Nc1cc(Cl)cc(COc2c(Br)cc(C(=O)NCC(=O)O)cc2Br)c1. The van der Waals surface area contributed by atoms with Gasteiger partial charge in [0.15, 0.2) is 0 Å². The van der Waals surface area contributed by atoms with Gasteiger partial charge in [-0.2, -0.15) is 0 Å². The Balaban J connectivity index is 0.000000316. The summed E-state index contributed by atoms with van der Waals surface area (Å²) in [5.74, 6) is -2.67. The maximum Gasteiger partial charge on any atom is 0.322 e. The van der Waals surface area contributed by atoms with E-state index in [1.807, 2.05) is 0 Å². The minimum Gasteiger partial charge on any atom is -0.487 e. The van der Waals surface area contributed by atoms with E-state index in [4.69, 9.17) is 42.9 Å². The summed E-state index contributed by atoms with van der Waals surface area (Å²) in [7, 11) is -6.90. The van der Waals surface area contributed by atoms with Crippen LogP contribution in [-0.4, -0.2) is 75.9 Å². The fraction of sp³-hybridized carbons (Fsp3) is 0.200. The molecule has 16 nitrogen and oxygen atoms in total. The fourth-order valence-corrected chi connectivity index (χ4v) is 9.05. The van der Waals surface area contributed by atoms with Crippen LogP contribution in [0.4, 0.5) is 11.4 Å². The summed E-state index contributed by atoms with van der Waals surface area (Å²) in [4.78, 5) is 45.2. The molecule has 59 heavy (non-hydrogen) atoms. The number of rotatable bonds is 17. The Morgan fingerprint density at radius 2 is 0.966 bits per heavy atom. The van der Waals surface area contributed by atoms with E-state index in [0.717, 1.165) is 6.26 Å². The molecule has 318 valence electrons. The first-order valence-corrected chi connectivity index (χ1v) is 23.7. The third-order valence-electron chi connectivity index (χ3n) is 6.96. The molecule has 0 atom stereocenters. The Morgan fingerprint density at radius 1 is 0.610 bits per heavy atom. The van der Waals surface area contributed by atoms with E-state index < -0.39 is 56.9 Å². The minimum atomic E-state index is -3.45. The van der Waals surface area contributed by atoms with Gasteiger partial charge in [0, 0.05) is 21.2 Å².